The molecular formula is C22H18OPb. The third kappa shape index (κ3) is 2.53. The average Bonchev–Trinajstić information content (AvgIpc) is 3.20. The van der Waals surface area contributed by atoms with Crippen LogP contribution in [0.5, 0.6) is 0 Å². The minimum absolute atomic E-state index is 1.14. The van der Waals surface area contributed by atoms with E-state index in [9.17, 15) is 0 Å². The van der Waals surface area contributed by atoms with Crippen molar-refractivity contribution in [2.24, 2.45) is 0 Å². The van der Waals surface area contributed by atoms with Crippen molar-refractivity contribution in [1.29, 1.82) is 0 Å². The Kier molecular flexibility index (Phi) is 4.34. The molecule has 0 spiro atoms. The molecular weight excluding hydrogens is 487 g/mol. The Morgan fingerprint density at radius 1 is 0.458 bits per heavy atom. The number of furan rings is 1. The number of benzene rings is 3. The van der Waals surface area contributed by atoms with E-state index in [4.69, 9.17) is 4.42 Å². The minimum atomic E-state index is -3.58. The van der Waals surface area contributed by atoms with Crippen molar-refractivity contribution < 1.29 is 4.42 Å². The quantitative estimate of drug-likeness (QED) is 0.389. The topological polar surface area (TPSA) is 13.1 Å². The molecule has 0 aliphatic rings. The molecule has 0 amide bonds. The molecule has 0 bridgehead atoms. The summed E-state index contributed by atoms with van der Waals surface area (Å²) in [6.07, 6.45) is 1.80. The molecule has 1 nitrogen and oxygen atoms in total. The Morgan fingerprint density at radius 2 is 0.875 bits per heavy atom. The number of hydrogen-bond donors (Lipinski definition) is 0. The van der Waals surface area contributed by atoms with Gasteiger partial charge in [0, 0.05) is 0 Å². The van der Waals surface area contributed by atoms with E-state index < -0.39 is 21.2 Å². The molecule has 24 heavy (non-hydrogen) atoms. The van der Waals surface area contributed by atoms with Gasteiger partial charge in [0.15, 0.2) is 0 Å². The van der Waals surface area contributed by atoms with E-state index in [1.807, 2.05) is 6.07 Å². The SMILES string of the molecule is c1cc[c]([Pb]([c]2ccccc2)([c]2ccccc2)[c]2ccco2)cc1. The van der Waals surface area contributed by atoms with Crippen LogP contribution in [0.3, 0.4) is 0 Å². The Balaban J connectivity index is 2.12. The molecule has 0 saturated heterocycles. The van der Waals surface area contributed by atoms with Crippen LogP contribution < -0.4 is 12.7 Å². The molecule has 0 fully saturated rings. The predicted octanol–water partition coefficient (Wildman–Crippen LogP) is 2.66. The molecule has 1 heterocycles. The van der Waals surface area contributed by atoms with Gasteiger partial charge in [0.2, 0.25) is 0 Å². The van der Waals surface area contributed by atoms with Crippen molar-refractivity contribution in [3.63, 3.8) is 0 Å². The van der Waals surface area contributed by atoms with Gasteiger partial charge in [-0.1, -0.05) is 0 Å². The first kappa shape index (κ1) is 15.4. The molecule has 3 aromatic carbocycles. The summed E-state index contributed by atoms with van der Waals surface area (Å²) >= 11 is -3.58. The second-order valence-electron chi connectivity index (χ2n) is 5.83. The van der Waals surface area contributed by atoms with Crippen LogP contribution in [0.2, 0.25) is 0 Å². The zero-order valence-electron chi connectivity index (χ0n) is 13.3. The predicted molar refractivity (Wildman–Crippen MR) is 102 cm³/mol. The van der Waals surface area contributed by atoms with Crippen LogP contribution in [-0.4, -0.2) is 21.2 Å². The monoisotopic (exact) mass is 506 g/mol. The van der Waals surface area contributed by atoms with Crippen molar-refractivity contribution in [3.8, 4) is 0 Å². The van der Waals surface area contributed by atoms with Crippen molar-refractivity contribution in [3.05, 3.63) is 109 Å². The molecule has 0 aliphatic carbocycles. The van der Waals surface area contributed by atoms with E-state index in [0.717, 1.165) is 3.32 Å². The third-order valence-corrected chi connectivity index (χ3v) is 22.5. The Morgan fingerprint density at radius 3 is 1.21 bits per heavy atom. The molecule has 4 rings (SSSR count). The summed E-state index contributed by atoms with van der Waals surface area (Å²) in [6, 6.07) is 36.9. The number of rotatable bonds is 4. The first-order chi connectivity index (χ1) is 11.9. The maximum absolute atomic E-state index is 6.06. The van der Waals surface area contributed by atoms with Gasteiger partial charge in [-0.25, -0.2) is 0 Å². The summed E-state index contributed by atoms with van der Waals surface area (Å²) in [5.41, 5.74) is 0. The van der Waals surface area contributed by atoms with Gasteiger partial charge >= 0.3 is 148 Å². The van der Waals surface area contributed by atoms with Gasteiger partial charge < -0.3 is 0 Å². The van der Waals surface area contributed by atoms with E-state index in [1.54, 1.807) is 6.26 Å². The molecule has 0 N–H and O–H groups in total. The van der Waals surface area contributed by atoms with Gasteiger partial charge in [-0.15, -0.1) is 0 Å². The molecule has 116 valence electrons. The summed E-state index contributed by atoms with van der Waals surface area (Å²) in [7, 11) is 0. The van der Waals surface area contributed by atoms with Crippen LogP contribution in [0.1, 0.15) is 0 Å². The van der Waals surface area contributed by atoms with E-state index in [2.05, 4.69) is 97.1 Å². The fraction of sp³-hybridized carbons (Fsp3) is 0. The maximum atomic E-state index is 6.06. The van der Waals surface area contributed by atoms with Crippen LogP contribution >= 0.6 is 0 Å². The van der Waals surface area contributed by atoms with Gasteiger partial charge in [-0.05, 0) is 0 Å². The first-order valence-corrected chi connectivity index (χ1v) is 15.9. The zero-order valence-corrected chi connectivity index (χ0v) is 17.2. The molecule has 1 aromatic heterocycles. The summed E-state index contributed by atoms with van der Waals surface area (Å²) < 4.78 is 11.4. The summed E-state index contributed by atoms with van der Waals surface area (Å²) in [5, 5.41) is 0. The van der Waals surface area contributed by atoms with E-state index in [0.29, 0.717) is 0 Å². The van der Waals surface area contributed by atoms with Gasteiger partial charge in [-0.3, -0.25) is 0 Å². The molecule has 0 unspecified atom stereocenters. The van der Waals surface area contributed by atoms with E-state index in [-0.39, 0.29) is 0 Å². The van der Waals surface area contributed by atoms with Gasteiger partial charge in [0.1, 0.15) is 0 Å². The zero-order chi connectivity index (χ0) is 16.2. The Bertz CT molecular complexity index is 788. The van der Waals surface area contributed by atoms with Crippen LogP contribution in [-0.2, 0) is 0 Å². The summed E-state index contributed by atoms with van der Waals surface area (Å²) in [6.45, 7) is 0. The van der Waals surface area contributed by atoms with Crippen molar-refractivity contribution >= 4 is 33.9 Å². The summed E-state index contributed by atoms with van der Waals surface area (Å²) in [5.74, 6) is 0. The first-order valence-electron chi connectivity index (χ1n) is 8.13. The van der Waals surface area contributed by atoms with Crippen molar-refractivity contribution in [2.75, 3.05) is 0 Å². The van der Waals surface area contributed by atoms with Gasteiger partial charge in [0.05, 0.1) is 0 Å². The van der Waals surface area contributed by atoms with Crippen LogP contribution in [0.15, 0.2) is 114 Å². The van der Waals surface area contributed by atoms with Crippen molar-refractivity contribution in [2.45, 2.75) is 0 Å². The number of hydrogen-bond acceptors (Lipinski definition) is 1. The fourth-order valence-electron chi connectivity index (χ4n) is 3.48. The van der Waals surface area contributed by atoms with Crippen LogP contribution in [0.4, 0.5) is 0 Å². The van der Waals surface area contributed by atoms with Crippen LogP contribution in [0.25, 0.3) is 0 Å². The normalized spacial score (nSPS) is 11.3. The standard InChI is InChI=1S/3C6H5.C4H3O.Pb/c3*1-2-4-6-5-3-1;1-2-4-5-3-1;/h3*1-5H;1-3H;. The van der Waals surface area contributed by atoms with E-state index in [1.165, 1.54) is 9.37 Å². The molecule has 0 aliphatic heterocycles. The van der Waals surface area contributed by atoms with Crippen LogP contribution in [0, 0.1) is 0 Å². The Hall–Kier alpha value is -2.14. The van der Waals surface area contributed by atoms with Crippen molar-refractivity contribution in [1.82, 2.24) is 0 Å². The molecule has 4 aromatic rings. The fourth-order valence-corrected chi connectivity index (χ4v) is 21.1. The van der Waals surface area contributed by atoms with Gasteiger partial charge in [0.25, 0.3) is 0 Å². The second kappa shape index (κ2) is 6.77. The molecule has 0 saturated carbocycles. The molecule has 2 heteroatoms. The molecule has 0 atom stereocenters. The average molecular weight is 506 g/mol. The summed E-state index contributed by atoms with van der Waals surface area (Å²) in [4.78, 5) is 0. The third-order valence-electron chi connectivity index (χ3n) is 4.51. The van der Waals surface area contributed by atoms with E-state index >= 15 is 0 Å². The Labute approximate surface area is 147 Å². The molecule has 0 radical (unpaired) electrons. The second-order valence-corrected chi connectivity index (χ2v) is 20.3. The van der Waals surface area contributed by atoms with Gasteiger partial charge in [-0.2, -0.15) is 0 Å².